The van der Waals surface area contributed by atoms with Crippen molar-refractivity contribution in [2.24, 2.45) is 5.92 Å². The van der Waals surface area contributed by atoms with Gasteiger partial charge in [-0.3, -0.25) is 0 Å². The summed E-state index contributed by atoms with van der Waals surface area (Å²) in [6, 6.07) is 60.3. The van der Waals surface area contributed by atoms with Gasteiger partial charge in [-0.1, -0.05) is 194 Å². The molecule has 332 valence electrons. The number of rotatable bonds is 22. The molecule has 1 N–H and O–H groups in total. The molecule has 0 amide bonds. The quantitative estimate of drug-likeness (QED) is 0.0671. The van der Waals surface area contributed by atoms with E-state index in [1.165, 1.54) is 0 Å². The highest BCUT2D eigenvalue weighted by Crippen LogP contribution is 2.36. The molecule has 9 heteroatoms. The van der Waals surface area contributed by atoms with Gasteiger partial charge in [0.2, 0.25) is 0 Å². The van der Waals surface area contributed by atoms with E-state index in [1.807, 2.05) is 194 Å². The molecule has 1 saturated heterocycles. The molecule has 0 saturated carbocycles. The Morgan fingerprint density at radius 1 is 0.375 bits per heavy atom. The normalized spacial score (nSPS) is 24.4. The molecule has 9 unspecified atom stereocenters. The SMILES string of the molecule is OCC1C=CC(OCc2ccccc2)C(OCc2ccccc2)C1OC1OC(COCc2ccccc2)C(OCc2ccccc2)C(OCc2ccccc2)C1OCc1ccccc1. The van der Waals surface area contributed by atoms with Crippen LogP contribution in [0.1, 0.15) is 33.4 Å². The third-order valence-corrected chi connectivity index (χ3v) is 11.5. The first-order valence-electron chi connectivity index (χ1n) is 22.2. The van der Waals surface area contributed by atoms with Crippen LogP contribution >= 0.6 is 0 Å². The Kier molecular flexibility index (Phi) is 17.1. The largest absolute Gasteiger partial charge is 0.396 e. The lowest BCUT2D eigenvalue weighted by atomic mass is 9.88. The average molecular weight is 863 g/mol. The van der Waals surface area contributed by atoms with Crippen LogP contribution in [0.4, 0.5) is 0 Å². The predicted molar refractivity (Wildman–Crippen MR) is 244 cm³/mol. The molecule has 6 aromatic carbocycles. The Balaban J connectivity index is 1.15. The van der Waals surface area contributed by atoms with Crippen molar-refractivity contribution in [1.29, 1.82) is 0 Å². The summed E-state index contributed by atoms with van der Waals surface area (Å²) in [5.74, 6) is -0.459. The van der Waals surface area contributed by atoms with Gasteiger partial charge in [0.25, 0.3) is 0 Å². The van der Waals surface area contributed by atoms with Crippen LogP contribution in [-0.2, 0) is 77.5 Å². The minimum absolute atomic E-state index is 0.176. The average Bonchev–Trinajstić information content (AvgIpc) is 3.36. The minimum atomic E-state index is -1.02. The van der Waals surface area contributed by atoms with Gasteiger partial charge in [-0.2, -0.15) is 0 Å². The van der Waals surface area contributed by atoms with Gasteiger partial charge < -0.3 is 43.0 Å². The molecule has 9 nitrogen and oxygen atoms in total. The highest BCUT2D eigenvalue weighted by molar-refractivity contribution is 5.19. The molecule has 1 aliphatic heterocycles. The first-order valence-corrected chi connectivity index (χ1v) is 22.2. The zero-order valence-electron chi connectivity index (χ0n) is 36.0. The van der Waals surface area contributed by atoms with Crippen molar-refractivity contribution < 1.29 is 43.0 Å². The Morgan fingerprint density at radius 2 is 0.750 bits per heavy atom. The second-order valence-corrected chi connectivity index (χ2v) is 16.2. The first-order chi connectivity index (χ1) is 31.7. The molecule has 1 aliphatic carbocycles. The molecular formula is C55H58O9. The van der Waals surface area contributed by atoms with E-state index in [4.69, 9.17) is 37.9 Å². The van der Waals surface area contributed by atoms with E-state index in [-0.39, 0.29) is 26.4 Å². The molecule has 1 fully saturated rings. The van der Waals surface area contributed by atoms with Crippen LogP contribution in [0.3, 0.4) is 0 Å². The van der Waals surface area contributed by atoms with Crippen LogP contribution in [0.15, 0.2) is 194 Å². The summed E-state index contributed by atoms with van der Waals surface area (Å²) >= 11 is 0. The van der Waals surface area contributed by atoms with E-state index < -0.39 is 54.9 Å². The molecule has 6 aromatic rings. The summed E-state index contributed by atoms with van der Waals surface area (Å²) in [6.07, 6.45) is -1.78. The molecule has 8 rings (SSSR count). The maximum atomic E-state index is 11.0. The summed E-state index contributed by atoms with van der Waals surface area (Å²) in [4.78, 5) is 0. The zero-order valence-corrected chi connectivity index (χ0v) is 36.0. The molecule has 1 heterocycles. The number of aliphatic hydroxyl groups excluding tert-OH is 1. The summed E-state index contributed by atoms with van der Waals surface area (Å²) in [6.45, 7) is 1.86. The number of aliphatic hydroxyl groups is 1. The summed E-state index contributed by atoms with van der Waals surface area (Å²) in [5.41, 5.74) is 6.05. The van der Waals surface area contributed by atoms with Crippen molar-refractivity contribution in [3.05, 3.63) is 228 Å². The maximum Gasteiger partial charge on any atom is 0.187 e. The molecule has 2 aliphatic rings. The van der Waals surface area contributed by atoms with Crippen molar-refractivity contribution in [3.63, 3.8) is 0 Å². The van der Waals surface area contributed by atoms with Gasteiger partial charge in [-0.25, -0.2) is 0 Å². The molecule has 0 spiro atoms. The fraction of sp³-hybridized carbons (Fsp3) is 0.309. The van der Waals surface area contributed by atoms with Crippen molar-refractivity contribution >= 4 is 0 Å². The number of hydrogen-bond donors (Lipinski definition) is 1. The lowest BCUT2D eigenvalue weighted by molar-refractivity contribution is -0.347. The van der Waals surface area contributed by atoms with E-state index in [9.17, 15) is 5.11 Å². The third-order valence-electron chi connectivity index (χ3n) is 11.5. The van der Waals surface area contributed by atoms with Gasteiger partial charge in [0.15, 0.2) is 6.29 Å². The Hall–Kier alpha value is -5.30. The maximum absolute atomic E-state index is 11.0. The molecule has 64 heavy (non-hydrogen) atoms. The third kappa shape index (κ3) is 12.9. The lowest BCUT2D eigenvalue weighted by Gasteiger charge is -2.48. The number of benzene rings is 6. The van der Waals surface area contributed by atoms with Gasteiger partial charge in [0.05, 0.1) is 59.0 Å². The van der Waals surface area contributed by atoms with E-state index in [2.05, 4.69) is 0 Å². The van der Waals surface area contributed by atoms with Crippen LogP contribution in [-0.4, -0.2) is 67.3 Å². The van der Waals surface area contributed by atoms with Crippen LogP contribution in [0, 0.1) is 5.92 Å². The second kappa shape index (κ2) is 24.1. The fourth-order valence-electron chi connectivity index (χ4n) is 8.13. The molecule has 0 radical (unpaired) electrons. The van der Waals surface area contributed by atoms with Gasteiger partial charge in [-0.15, -0.1) is 0 Å². The van der Waals surface area contributed by atoms with Gasteiger partial charge in [0.1, 0.15) is 36.6 Å². The Labute approximate surface area is 377 Å². The van der Waals surface area contributed by atoms with E-state index in [0.29, 0.717) is 26.4 Å². The van der Waals surface area contributed by atoms with E-state index in [0.717, 1.165) is 33.4 Å². The van der Waals surface area contributed by atoms with Crippen molar-refractivity contribution in [3.8, 4) is 0 Å². The van der Waals surface area contributed by atoms with Crippen LogP contribution in [0.5, 0.6) is 0 Å². The van der Waals surface area contributed by atoms with Crippen molar-refractivity contribution in [2.75, 3.05) is 13.2 Å². The van der Waals surface area contributed by atoms with Crippen molar-refractivity contribution in [1.82, 2.24) is 0 Å². The zero-order chi connectivity index (χ0) is 43.6. The molecule has 0 aromatic heterocycles. The number of hydrogen-bond acceptors (Lipinski definition) is 9. The Morgan fingerprint density at radius 3 is 1.19 bits per heavy atom. The monoisotopic (exact) mass is 862 g/mol. The van der Waals surface area contributed by atoms with Gasteiger partial charge in [-0.05, 0) is 33.4 Å². The molecule has 0 bridgehead atoms. The molecule has 9 atom stereocenters. The minimum Gasteiger partial charge on any atom is -0.396 e. The second-order valence-electron chi connectivity index (χ2n) is 16.2. The van der Waals surface area contributed by atoms with Gasteiger partial charge >= 0.3 is 0 Å². The van der Waals surface area contributed by atoms with Crippen LogP contribution in [0.2, 0.25) is 0 Å². The highest BCUT2D eigenvalue weighted by Gasteiger charge is 2.51. The lowest BCUT2D eigenvalue weighted by Crippen LogP contribution is -2.63. The topological polar surface area (TPSA) is 94.1 Å². The Bertz CT molecular complexity index is 2210. The van der Waals surface area contributed by atoms with E-state index >= 15 is 0 Å². The fourth-order valence-corrected chi connectivity index (χ4v) is 8.13. The predicted octanol–water partition coefficient (Wildman–Crippen LogP) is 9.42. The summed E-state index contributed by atoms with van der Waals surface area (Å²) < 4.78 is 55.1. The van der Waals surface area contributed by atoms with Gasteiger partial charge in [0, 0.05) is 5.92 Å². The molecular weight excluding hydrogens is 805 g/mol. The van der Waals surface area contributed by atoms with Crippen molar-refractivity contribution in [2.45, 2.75) is 88.7 Å². The first kappa shape index (κ1) is 45.3. The van der Waals surface area contributed by atoms with Crippen LogP contribution in [0.25, 0.3) is 0 Å². The summed E-state index contributed by atoms with van der Waals surface area (Å²) in [5, 5.41) is 11.0. The summed E-state index contributed by atoms with van der Waals surface area (Å²) in [7, 11) is 0. The van der Waals surface area contributed by atoms with E-state index in [1.54, 1.807) is 0 Å². The standard InChI is InChI=1S/C55H58O9/c56-33-47-31-32-48(58-35-42-21-9-2-10-22-42)51(59-36-43-23-11-3-12-24-43)50(47)64-55-54(62-39-46-29-17-6-18-30-46)53(61-38-45-27-15-5-16-28-45)52(60-37-44-25-13-4-14-26-44)49(63-55)40-57-34-41-19-7-1-8-20-41/h1-32,47-56H,33-40H2. The number of ether oxygens (including phenoxy) is 8. The smallest absolute Gasteiger partial charge is 0.187 e. The van der Waals surface area contributed by atoms with Crippen LogP contribution < -0.4 is 0 Å². The highest BCUT2D eigenvalue weighted by atomic mass is 16.7.